The van der Waals surface area contributed by atoms with Gasteiger partial charge in [0.25, 0.3) is 0 Å². The maximum absolute atomic E-state index is 9.48. The summed E-state index contributed by atoms with van der Waals surface area (Å²) in [5, 5.41) is 20.8. The van der Waals surface area contributed by atoms with Crippen molar-refractivity contribution in [2.75, 3.05) is 6.61 Å². The van der Waals surface area contributed by atoms with Crippen molar-refractivity contribution in [2.45, 2.75) is 18.9 Å². The predicted octanol–water partition coefficient (Wildman–Crippen LogP) is 3.14. The third kappa shape index (κ3) is 3.07. The second-order valence-electron chi connectivity index (χ2n) is 4.66. The summed E-state index contributed by atoms with van der Waals surface area (Å²) in [4.78, 5) is 0. The van der Waals surface area contributed by atoms with Gasteiger partial charge in [0, 0.05) is 6.61 Å². The SMILES string of the molecule is Oc1ccc(/C=N\n2c(C3CCCO3)n[nH]c2=S)cc1Br. The largest absolute Gasteiger partial charge is 0.507 e. The van der Waals surface area contributed by atoms with Crippen LogP contribution in [0.5, 0.6) is 5.75 Å². The topological polar surface area (TPSA) is 75.4 Å². The Hall–Kier alpha value is -1.51. The average molecular weight is 369 g/mol. The fourth-order valence-corrected chi connectivity index (χ4v) is 2.72. The first-order valence-electron chi connectivity index (χ1n) is 6.47. The standard InChI is InChI=1S/C13H13BrN4O2S/c14-9-6-8(3-4-10(9)19)7-15-18-12(16-17-13(18)21)11-2-1-5-20-11/h3-4,6-7,11,19H,1-2,5H2,(H,17,21)/b15-7-. The van der Waals surface area contributed by atoms with Gasteiger partial charge in [0.1, 0.15) is 11.9 Å². The number of aromatic hydroxyl groups is 1. The van der Waals surface area contributed by atoms with E-state index in [1.165, 1.54) is 0 Å². The smallest absolute Gasteiger partial charge is 0.216 e. The number of phenolic OH excluding ortho intramolecular Hbond substituents is 1. The number of halogens is 1. The van der Waals surface area contributed by atoms with E-state index in [4.69, 9.17) is 17.0 Å². The number of nitrogens with zero attached hydrogens (tertiary/aromatic N) is 3. The van der Waals surface area contributed by atoms with Crippen molar-refractivity contribution < 1.29 is 9.84 Å². The van der Waals surface area contributed by atoms with Gasteiger partial charge in [-0.3, -0.25) is 5.10 Å². The molecule has 1 unspecified atom stereocenters. The highest BCUT2D eigenvalue weighted by molar-refractivity contribution is 9.10. The molecule has 0 bridgehead atoms. The van der Waals surface area contributed by atoms with Gasteiger partial charge in [0.2, 0.25) is 4.77 Å². The molecule has 1 aromatic carbocycles. The Labute approximate surface area is 134 Å². The van der Waals surface area contributed by atoms with Crippen LogP contribution in [0.4, 0.5) is 0 Å². The van der Waals surface area contributed by atoms with Crippen molar-refractivity contribution >= 4 is 34.4 Å². The third-order valence-electron chi connectivity index (χ3n) is 3.19. The first-order valence-corrected chi connectivity index (χ1v) is 7.67. The molecular weight excluding hydrogens is 356 g/mol. The van der Waals surface area contributed by atoms with Crippen LogP contribution < -0.4 is 0 Å². The Morgan fingerprint density at radius 3 is 3.14 bits per heavy atom. The molecule has 0 saturated carbocycles. The van der Waals surface area contributed by atoms with Gasteiger partial charge in [-0.1, -0.05) is 0 Å². The molecule has 110 valence electrons. The number of rotatable bonds is 3. The Balaban J connectivity index is 1.90. The highest BCUT2D eigenvalue weighted by atomic mass is 79.9. The molecule has 6 nitrogen and oxygen atoms in total. The zero-order chi connectivity index (χ0) is 14.8. The lowest BCUT2D eigenvalue weighted by molar-refractivity contribution is 0.102. The van der Waals surface area contributed by atoms with Crippen LogP contribution in [0.2, 0.25) is 0 Å². The Kier molecular flexibility index (Phi) is 4.18. The minimum Gasteiger partial charge on any atom is -0.507 e. The van der Waals surface area contributed by atoms with Crippen LogP contribution in [0.15, 0.2) is 27.8 Å². The summed E-state index contributed by atoms with van der Waals surface area (Å²) >= 11 is 8.47. The van der Waals surface area contributed by atoms with Gasteiger partial charge in [-0.05, 0) is 64.8 Å². The Morgan fingerprint density at radius 1 is 1.57 bits per heavy atom. The number of benzene rings is 1. The fourth-order valence-electron chi connectivity index (χ4n) is 2.13. The Morgan fingerprint density at radius 2 is 2.43 bits per heavy atom. The van der Waals surface area contributed by atoms with Crippen molar-refractivity contribution in [1.82, 2.24) is 14.9 Å². The molecule has 0 aliphatic carbocycles. The molecule has 1 fully saturated rings. The second kappa shape index (κ2) is 6.08. The molecule has 21 heavy (non-hydrogen) atoms. The molecule has 2 aromatic rings. The van der Waals surface area contributed by atoms with Gasteiger partial charge < -0.3 is 9.84 Å². The molecule has 1 aromatic heterocycles. The van der Waals surface area contributed by atoms with Crippen LogP contribution in [0.1, 0.15) is 30.3 Å². The van der Waals surface area contributed by atoms with E-state index in [1.807, 2.05) is 0 Å². The van der Waals surface area contributed by atoms with Gasteiger partial charge in [0.15, 0.2) is 5.82 Å². The molecule has 1 aliphatic heterocycles. The minimum absolute atomic E-state index is 0.0679. The van der Waals surface area contributed by atoms with Crippen LogP contribution in [-0.2, 0) is 4.74 Å². The summed E-state index contributed by atoms with van der Waals surface area (Å²) in [6.07, 6.45) is 3.52. The van der Waals surface area contributed by atoms with Gasteiger partial charge in [-0.15, -0.1) is 0 Å². The molecule has 3 rings (SSSR count). The number of nitrogens with one attached hydrogen (secondary N) is 1. The van der Waals surface area contributed by atoms with Crippen molar-refractivity contribution in [3.63, 3.8) is 0 Å². The molecule has 1 saturated heterocycles. The molecule has 0 radical (unpaired) electrons. The number of H-pyrrole nitrogens is 1. The molecule has 1 atom stereocenters. The van der Waals surface area contributed by atoms with Gasteiger partial charge in [-0.25, -0.2) is 0 Å². The number of aromatic amines is 1. The molecule has 2 N–H and O–H groups in total. The van der Waals surface area contributed by atoms with E-state index in [9.17, 15) is 5.11 Å². The van der Waals surface area contributed by atoms with Crippen LogP contribution >= 0.6 is 28.1 Å². The Bertz CT molecular complexity index is 734. The van der Waals surface area contributed by atoms with Gasteiger partial charge in [-0.2, -0.15) is 14.9 Å². The van der Waals surface area contributed by atoms with Crippen LogP contribution in [0.3, 0.4) is 0 Å². The maximum atomic E-state index is 9.48. The van der Waals surface area contributed by atoms with Crippen molar-refractivity contribution in [3.8, 4) is 5.75 Å². The monoisotopic (exact) mass is 368 g/mol. The summed E-state index contributed by atoms with van der Waals surface area (Å²) in [6, 6.07) is 5.13. The van der Waals surface area contributed by atoms with E-state index in [0.717, 1.165) is 25.0 Å². The summed E-state index contributed by atoms with van der Waals surface area (Å²) in [7, 11) is 0. The van der Waals surface area contributed by atoms with Crippen LogP contribution in [-0.4, -0.2) is 32.8 Å². The number of hydrogen-bond acceptors (Lipinski definition) is 5. The van der Waals surface area contributed by atoms with E-state index in [-0.39, 0.29) is 11.9 Å². The van der Waals surface area contributed by atoms with E-state index in [2.05, 4.69) is 31.2 Å². The lowest BCUT2D eigenvalue weighted by Crippen LogP contribution is -2.05. The number of phenols is 1. The van der Waals surface area contributed by atoms with Gasteiger partial charge >= 0.3 is 0 Å². The third-order valence-corrected chi connectivity index (χ3v) is 4.09. The van der Waals surface area contributed by atoms with E-state index in [1.54, 1.807) is 29.1 Å². The molecule has 0 amide bonds. The number of hydrogen-bond donors (Lipinski definition) is 2. The molecular formula is C13H13BrN4O2S. The predicted molar refractivity (Wildman–Crippen MR) is 84.1 cm³/mol. The summed E-state index contributed by atoms with van der Waals surface area (Å²) in [5.41, 5.74) is 0.834. The molecule has 1 aliphatic rings. The molecule has 2 heterocycles. The summed E-state index contributed by atoms with van der Waals surface area (Å²) in [6.45, 7) is 0.735. The zero-order valence-corrected chi connectivity index (χ0v) is 13.4. The number of ether oxygens (including phenoxy) is 1. The van der Waals surface area contributed by atoms with Crippen molar-refractivity contribution in [3.05, 3.63) is 38.8 Å². The van der Waals surface area contributed by atoms with E-state index in [0.29, 0.717) is 15.1 Å². The zero-order valence-electron chi connectivity index (χ0n) is 11.0. The summed E-state index contributed by atoms with van der Waals surface area (Å²) in [5.74, 6) is 0.874. The minimum atomic E-state index is -0.0679. The average Bonchev–Trinajstić information content (AvgIpc) is 3.10. The first kappa shape index (κ1) is 14.4. The van der Waals surface area contributed by atoms with Crippen LogP contribution in [0.25, 0.3) is 0 Å². The molecule has 8 heteroatoms. The normalized spacial score (nSPS) is 18.6. The summed E-state index contributed by atoms with van der Waals surface area (Å²) < 4.78 is 8.23. The van der Waals surface area contributed by atoms with E-state index >= 15 is 0 Å². The maximum Gasteiger partial charge on any atom is 0.216 e. The highest BCUT2D eigenvalue weighted by Crippen LogP contribution is 2.27. The van der Waals surface area contributed by atoms with Crippen LogP contribution in [0, 0.1) is 4.77 Å². The first-order chi connectivity index (χ1) is 10.1. The quantitative estimate of drug-likeness (QED) is 0.644. The highest BCUT2D eigenvalue weighted by Gasteiger charge is 2.23. The van der Waals surface area contributed by atoms with Crippen molar-refractivity contribution in [2.24, 2.45) is 5.10 Å². The fraction of sp³-hybridized carbons (Fsp3) is 0.308. The lowest BCUT2D eigenvalue weighted by atomic mass is 10.2. The molecule has 0 spiro atoms. The van der Waals surface area contributed by atoms with Gasteiger partial charge in [0.05, 0.1) is 10.7 Å². The second-order valence-corrected chi connectivity index (χ2v) is 5.90. The van der Waals surface area contributed by atoms with Crippen molar-refractivity contribution in [1.29, 1.82) is 0 Å². The number of aromatic nitrogens is 3. The van der Waals surface area contributed by atoms with E-state index < -0.39 is 0 Å². The lowest BCUT2D eigenvalue weighted by Gasteiger charge is -2.07.